The van der Waals surface area contributed by atoms with E-state index in [0.29, 0.717) is 24.7 Å². The Kier molecular flexibility index (Phi) is 5.19. The number of hydrogen-bond donors (Lipinski definition) is 0. The minimum absolute atomic E-state index is 0.126. The molecule has 7 nitrogen and oxygen atoms in total. The first-order valence-corrected chi connectivity index (χ1v) is 9.62. The molecule has 0 saturated carbocycles. The van der Waals surface area contributed by atoms with Gasteiger partial charge in [-0.15, -0.1) is 10.2 Å². The van der Waals surface area contributed by atoms with E-state index in [0.717, 1.165) is 4.31 Å². The van der Waals surface area contributed by atoms with Gasteiger partial charge in [-0.2, -0.15) is 17.5 Å². The molecule has 0 spiro atoms. The number of rotatable bonds is 5. The third-order valence-corrected chi connectivity index (χ3v) is 5.98. The van der Waals surface area contributed by atoms with Crippen LogP contribution in [0.5, 0.6) is 0 Å². The number of nitrogens with zero attached hydrogens (tertiary/aromatic N) is 5. The summed E-state index contributed by atoms with van der Waals surface area (Å²) in [6.07, 6.45) is -2.13. The van der Waals surface area contributed by atoms with E-state index in [-0.39, 0.29) is 13.1 Å². The molecular formula is C15H18F3N5O2S. The summed E-state index contributed by atoms with van der Waals surface area (Å²) in [6, 6.07) is 7.33. The number of piperazine rings is 1. The van der Waals surface area contributed by atoms with Crippen LogP contribution in [0, 0.1) is 0 Å². The fraction of sp³-hybridized carbons (Fsp3) is 0.467. The van der Waals surface area contributed by atoms with Crippen molar-refractivity contribution in [1.29, 1.82) is 0 Å². The smallest absolute Gasteiger partial charge is 0.352 e. The average molecular weight is 389 g/mol. The molecule has 0 radical (unpaired) electrons. The van der Waals surface area contributed by atoms with Gasteiger partial charge in [0.2, 0.25) is 10.0 Å². The predicted molar refractivity (Wildman–Crippen MR) is 89.6 cm³/mol. The molecule has 1 aliphatic heterocycles. The molecule has 0 aliphatic carbocycles. The van der Waals surface area contributed by atoms with Crippen LogP contribution in [0.3, 0.4) is 0 Å². The van der Waals surface area contributed by atoms with Gasteiger partial charge in [-0.25, -0.2) is 8.42 Å². The van der Waals surface area contributed by atoms with E-state index in [1.54, 1.807) is 12.1 Å². The Morgan fingerprint density at radius 3 is 2.08 bits per heavy atom. The number of sulfonamides is 1. The fourth-order valence-corrected chi connectivity index (χ4v) is 4.15. The van der Waals surface area contributed by atoms with Gasteiger partial charge in [0.05, 0.1) is 12.2 Å². The number of aromatic nitrogens is 3. The van der Waals surface area contributed by atoms with Gasteiger partial charge in [-0.1, -0.05) is 0 Å². The minimum atomic E-state index is -4.48. The van der Waals surface area contributed by atoms with Crippen molar-refractivity contribution in [3.8, 4) is 5.82 Å². The van der Waals surface area contributed by atoms with Crippen LogP contribution in [0.15, 0.2) is 36.7 Å². The van der Waals surface area contributed by atoms with Gasteiger partial charge < -0.3 is 9.47 Å². The van der Waals surface area contributed by atoms with Crippen LogP contribution in [0.1, 0.15) is 6.42 Å². The number of anilines is 1. The highest BCUT2D eigenvalue weighted by Crippen LogP contribution is 2.22. The topological polar surface area (TPSA) is 71.3 Å². The van der Waals surface area contributed by atoms with Gasteiger partial charge >= 0.3 is 6.18 Å². The quantitative estimate of drug-likeness (QED) is 0.778. The molecule has 3 heterocycles. The van der Waals surface area contributed by atoms with Crippen molar-refractivity contribution in [2.45, 2.75) is 12.6 Å². The van der Waals surface area contributed by atoms with Crippen molar-refractivity contribution in [2.24, 2.45) is 0 Å². The largest absolute Gasteiger partial charge is 0.390 e. The maximum Gasteiger partial charge on any atom is 0.390 e. The molecule has 2 aromatic heterocycles. The Bertz CT molecular complexity index is 814. The zero-order chi connectivity index (χ0) is 18.8. The van der Waals surface area contributed by atoms with Crippen molar-refractivity contribution in [1.82, 2.24) is 19.1 Å². The van der Waals surface area contributed by atoms with Gasteiger partial charge in [0, 0.05) is 38.6 Å². The molecule has 1 aliphatic rings. The average Bonchev–Trinajstić information content (AvgIpc) is 3.15. The van der Waals surface area contributed by atoms with Gasteiger partial charge in [0.25, 0.3) is 0 Å². The number of alkyl halides is 3. The molecule has 1 fully saturated rings. The van der Waals surface area contributed by atoms with Gasteiger partial charge in [0.15, 0.2) is 11.6 Å². The summed E-state index contributed by atoms with van der Waals surface area (Å²) in [5, 5.41) is 8.29. The summed E-state index contributed by atoms with van der Waals surface area (Å²) in [7, 11) is -3.91. The summed E-state index contributed by atoms with van der Waals surface area (Å²) in [5.41, 5.74) is 0. The highest BCUT2D eigenvalue weighted by Gasteiger charge is 2.33. The second-order valence-corrected chi connectivity index (χ2v) is 8.00. The molecule has 2 aromatic rings. The second kappa shape index (κ2) is 7.23. The summed E-state index contributed by atoms with van der Waals surface area (Å²) in [6.45, 7) is 0.952. The highest BCUT2D eigenvalue weighted by molar-refractivity contribution is 7.89. The van der Waals surface area contributed by atoms with Crippen molar-refractivity contribution >= 4 is 15.8 Å². The lowest BCUT2D eigenvalue weighted by Gasteiger charge is -2.34. The molecule has 0 bridgehead atoms. The van der Waals surface area contributed by atoms with Crippen LogP contribution in [-0.2, 0) is 10.0 Å². The third kappa shape index (κ3) is 4.52. The Morgan fingerprint density at radius 1 is 0.962 bits per heavy atom. The van der Waals surface area contributed by atoms with E-state index in [4.69, 9.17) is 0 Å². The monoisotopic (exact) mass is 389 g/mol. The van der Waals surface area contributed by atoms with Gasteiger partial charge in [0.1, 0.15) is 0 Å². The van der Waals surface area contributed by atoms with E-state index in [9.17, 15) is 21.6 Å². The number of halogens is 3. The van der Waals surface area contributed by atoms with Gasteiger partial charge in [-0.05, 0) is 24.3 Å². The zero-order valence-corrected chi connectivity index (χ0v) is 14.6. The lowest BCUT2D eigenvalue weighted by atomic mass is 10.3. The SMILES string of the molecule is O=S(=O)(CCC(F)(F)F)N1CCN(c2ccc(-n3cccc3)nn2)CC1. The van der Waals surface area contributed by atoms with E-state index in [1.165, 1.54) is 0 Å². The Morgan fingerprint density at radius 2 is 1.54 bits per heavy atom. The third-order valence-electron chi connectivity index (χ3n) is 4.10. The summed E-state index contributed by atoms with van der Waals surface area (Å²) < 4.78 is 63.8. The van der Waals surface area contributed by atoms with Crippen molar-refractivity contribution in [3.05, 3.63) is 36.7 Å². The lowest BCUT2D eigenvalue weighted by molar-refractivity contribution is -0.130. The maximum absolute atomic E-state index is 12.3. The molecule has 142 valence electrons. The van der Waals surface area contributed by atoms with Crippen LogP contribution in [0.2, 0.25) is 0 Å². The summed E-state index contributed by atoms with van der Waals surface area (Å²) in [4.78, 5) is 1.86. The normalized spacial score (nSPS) is 16.8. The molecule has 1 saturated heterocycles. The first kappa shape index (κ1) is 18.6. The summed E-state index contributed by atoms with van der Waals surface area (Å²) in [5.74, 6) is 0.349. The van der Waals surface area contributed by atoms with Crippen LogP contribution in [0.4, 0.5) is 19.0 Å². The lowest BCUT2D eigenvalue weighted by Crippen LogP contribution is -2.49. The van der Waals surface area contributed by atoms with Gasteiger partial charge in [-0.3, -0.25) is 0 Å². The molecule has 0 atom stereocenters. The fourth-order valence-electron chi connectivity index (χ4n) is 2.68. The maximum atomic E-state index is 12.3. The summed E-state index contributed by atoms with van der Waals surface area (Å²) >= 11 is 0. The van der Waals surface area contributed by atoms with Crippen LogP contribution >= 0.6 is 0 Å². The standard InChI is InChI=1S/C15H18F3N5O2S/c16-15(17,18)5-12-26(24,25)23-10-8-22(9-11-23)14-4-3-13(19-20-14)21-6-1-2-7-21/h1-4,6-7H,5,8-12H2. The van der Waals surface area contributed by atoms with E-state index in [1.807, 2.05) is 34.0 Å². The predicted octanol–water partition coefficient (Wildman–Crippen LogP) is 1.67. The van der Waals surface area contributed by atoms with Crippen LogP contribution in [0.25, 0.3) is 5.82 Å². The number of hydrogen-bond acceptors (Lipinski definition) is 5. The molecule has 0 unspecified atom stereocenters. The molecule has 0 amide bonds. The minimum Gasteiger partial charge on any atom is -0.352 e. The van der Waals surface area contributed by atoms with Crippen molar-refractivity contribution in [2.75, 3.05) is 36.8 Å². The highest BCUT2D eigenvalue weighted by atomic mass is 32.2. The van der Waals surface area contributed by atoms with E-state index >= 15 is 0 Å². The molecule has 3 rings (SSSR count). The Balaban J connectivity index is 1.58. The van der Waals surface area contributed by atoms with E-state index < -0.39 is 28.4 Å². The molecule has 0 aromatic carbocycles. The van der Waals surface area contributed by atoms with Crippen LogP contribution < -0.4 is 4.90 Å². The molecule has 26 heavy (non-hydrogen) atoms. The molecular weight excluding hydrogens is 371 g/mol. The second-order valence-electron chi connectivity index (χ2n) is 5.91. The Hall–Kier alpha value is -2.14. The van der Waals surface area contributed by atoms with Crippen molar-refractivity contribution in [3.63, 3.8) is 0 Å². The van der Waals surface area contributed by atoms with E-state index in [2.05, 4.69) is 10.2 Å². The molecule has 11 heteroatoms. The zero-order valence-electron chi connectivity index (χ0n) is 13.8. The first-order valence-electron chi connectivity index (χ1n) is 8.01. The van der Waals surface area contributed by atoms with Crippen molar-refractivity contribution < 1.29 is 21.6 Å². The molecule has 0 N–H and O–H groups in total. The Labute approximate surface area is 149 Å². The first-order chi connectivity index (χ1) is 12.2. The van der Waals surface area contributed by atoms with Crippen LogP contribution in [-0.4, -0.2) is 65.6 Å².